The Hall–Kier alpha value is -3.97. The Morgan fingerprint density at radius 2 is 1.06 bits per heavy atom. The number of rotatable bonds is 12. The quantitative estimate of drug-likeness (QED) is 0.102. The van der Waals surface area contributed by atoms with Gasteiger partial charge in [-0.1, -0.05) is 78.8 Å². The summed E-state index contributed by atoms with van der Waals surface area (Å²) in [6.07, 6.45) is 10.6. The minimum Gasteiger partial charge on any atom is -0.465 e. The van der Waals surface area contributed by atoms with Crippen molar-refractivity contribution in [3.05, 3.63) is 12.2 Å². The van der Waals surface area contributed by atoms with Gasteiger partial charge in [0.1, 0.15) is 29.0 Å². The molecule has 7 atom stereocenters. The average Bonchev–Trinajstić information content (AvgIpc) is 3.98. The lowest BCUT2D eigenvalue weighted by molar-refractivity contribution is -0.182. The molecule has 406 valence electrons. The molecule has 0 spiro atoms. The molecule has 2 bridgehead atoms. The van der Waals surface area contributed by atoms with Crippen molar-refractivity contribution in [3.8, 4) is 0 Å². The van der Waals surface area contributed by atoms with E-state index >= 15 is 0 Å². The van der Waals surface area contributed by atoms with E-state index in [0.29, 0.717) is 49.9 Å². The van der Waals surface area contributed by atoms with Crippen molar-refractivity contribution in [2.75, 3.05) is 13.2 Å². The van der Waals surface area contributed by atoms with E-state index in [0.717, 1.165) is 44.9 Å². The Balaban J connectivity index is -0.000000399. The lowest BCUT2D eigenvalue weighted by atomic mass is 9.87. The fourth-order valence-electron chi connectivity index (χ4n) is 8.16. The summed E-state index contributed by atoms with van der Waals surface area (Å²) in [5, 5.41) is 0. The fraction of sp³-hybridized carbons (Fsp3) is 0.836. The molecular weight excluding hydrogens is 885 g/mol. The third kappa shape index (κ3) is 18.9. The first kappa shape index (κ1) is 71.6. The fourth-order valence-corrected chi connectivity index (χ4v) is 8.16. The van der Waals surface area contributed by atoms with Gasteiger partial charge in [0.25, 0.3) is 0 Å². The van der Waals surface area contributed by atoms with E-state index in [4.69, 9.17) is 33.2 Å². The third-order valence-electron chi connectivity index (χ3n) is 14.3. The molecule has 14 heteroatoms. The Labute approximate surface area is 420 Å². The van der Waals surface area contributed by atoms with Crippen LogP contribution >= 0.6 is 0 Å². The van der Waals surface area contributed by atoms with E-state index in [-0.39, 0.29) is 122 Å². The summed E-state index contributed by atoms with van der Waals surface area (Å²) in [5.41, 5.74) is -2.50. The molecule has 14 nitrogen and oxygen atoms in total. The first-order valence-corrected chi connectivity index (χ1v) is 23.2. The van der Waals surface area contributed by atoms with E-state index in [1.54, 1.807) is 20.8 Å². The smallest absolute Gasteiger partial charge is 0.333 e. The summed E-state index contributed by atoms with van der Waals surface area (Å²) in [5.74, 6) is -0.887. The molecule has 69 heavy (non-hydrogen) atoms. The number of hydrogen-bond acceptors (Lipinski definition) is 14. The number of carbonyl (C=O) groups excluding carboxylic acids is 7. The van der Waals surface area contributed by atoms with Gasteiger partial charge in [-0.25, -0.2) is 4.79 Å². The van der Waals surface area contributed by atoms with E-state index in [1.807, 2.05) is 62.3 Å². The first-order chi connectivity index (χ1) is 29.1. The predicted octanol–water partition coefficient (Wildman–Crippen LogP) is 12.7. The maximum Gasteiger partial charge on any atom is 0.333 e. The second-order valence-corrected chi connectivity index (χ2v) is 20.9. The molecule has 6 rings (SSSR count). The van der Waals surface area contributed by atoms with Crippen LogP contribution in [0.25, 0.3) is 0 Å². The topological polar surface area (TPSA) is 184 Å². The summed E-state index contributed by atoms with van der Waals surface area (Å²) in [7, 11) is 0. The van der Waals surface area contributed by atoms with Crippen LogP contribution in [0.5, 0.6) is 0 Å². The zero-order chi connectivity index (χ0) is 47.8. The zero-order valence-electron chi connectivity index (χ0n) is 40.6. The molecule has 3 aliphatic carbocycles. The number of cyclic esters (lactones) is 2. The van der Waals surface area contributed by atoms with Crippen molar-refractivity contribution in [1.82, 2.24) is 0 Å². The van der Waals surface area contributed by atoms with Crippen LogP contribution in [0.4, 0.5) is 0 Å². The molecule has 0 N–H and O–H groups in total. The molecule has 0 aromatic heterocycles. The van der Waals surface area contributed by atoms with Gasteiger partial charge < -0.3 is 33.2 Å². The summed E-state index contributed by atoms with van der Waals surface area (Å²) in [6.45, 7) is 28.7. The van der Waals surface area contributed by atoms with Crippen LogP contribution in [0.3, 0.4) is 0 Å². The van der Waals surface area contributed by atoms with E-state index < -0.39 is 28.0 Å². The van der Waals surface area contributed by atoms with Crippen LogP contribution in [0.15, 0.2) is 12.2 Å². The highest BCUT2D eigenvalue weighted by Crippen LogP contribution is 2.55. The van der Waals surface area contributed by atoms with Crippen LogP contribution in [0.1, 0.15) is 224 Å². The third-order valence-corrected chi connectivity index (χ3v) is 14.3. The predicted molar refractivity (Wildman–Crippen MR) is 274 cm³/mol. The molecule has 7 unspecified atom stereocenters. The van der Waals surface area contributed by atoms with Gasteiger partial charge in [0.05, 0.1) is 48.2 Å². The van der Waals surface area contributed by atoms with Crippen molar-refractivity contribution in [2.24, 2.45) is 34.0 Å². The number of fused-ring (bicyclic) bond motifs is 1. The van der Waals surface area contributed by atoms with Gasteiger partial charge in [-0.2, -0.15) is 0 Å². The van der Waals surface area contributed by atoms with Gasteiger partial charge >= 0.3 is 41.8 Å². The largest absolute Gasteiger partial charge is 0.465 e. The van der Waals surface area contributed by atoms with Crippen molar-refractivity contribution in [1.29, 1.82) is 0 Å². The lowest BCUT2D eigenvalue weighted by Gasteiger charge is -2.35. The van der Waals surface area contributed by atoms with Gasteiger partial charge in [0.15, 0.2) is 0 Å². The highest BCUT2D eigenvalue weighted by atomic mass is 16.6. The summed E-state index contributed by atoms with van der Waals surface area (Å²) in [4.78, 5) is 81.0. The van der Waals surface area contributed by atoms with Crippen LogP contribution in [-0.4, -0.2) is 84.0 Å². The molecule has 6 aliphatic rings. The molecule has 6 fully saturated rings. The molecule has 3 aliphatic heterocycles. The van der Waals surface area contributed by atoms with Gasteiger partial charge in [0.2, 0.25) is 0 Å². The Bertz CT molecular complexity index is 1690. The average molecular weight is 987 g/mol. The Morgan fingerprint density at radius 3 is 1.46 bits per heavy atom. The molecule has 0 amide bonds. The van der Waals surface area contributed by atoms with Gasteiger partial charge in [-0.05, 0) is 127 Å². The molecule has 0 aromatic rings. The Morgan fingerprint density at radius 1 is 0.638 bits per heavy atom. The van der Waals surface area contributed by atoms with Crippen molar-refractivity contribution < 1.29 is 66.7 Å². The second-order valence-electron chi connectivity index (χ2n) is 20.9. The minimum atomic E-state index is -0.731. The summed E-state index contributed by atoms with van der Waals surface area (Å²) in [6, 6.07) is 0. The van der Waals surface area contributed by atoms with Crippen LogP contribution in [0.2, 0.25) is 0 Å². The molecule has 0 radical (unpaired) electrons. The first-order valence-electron chi connectivity index (χ1n) is 23.2. The summed E-state index contributed by atoms with van der Waals surface area (Å²) < 4.78 is 37.0. The normalized spacial score (nSPS) is 26.6. The van der Waals surface area contributed by atoms with Crippen LogP contribution in [0, 0.1) is 34.0 Å². The standard InChI is InChI=1S/C14H20O4.C13H24O2.C12H20O4.C10H14O4.6CH4/c1-4-14(2,3)13(16)18-10-7-5-8-9(6-7)12(15)17-11(8)10;1-5-12(3,4)11(14)15-13(6-2)9-7-8-10-13;1-5-11(2,3)10(14)16-12(4)6-7-15-9(13)8-12;1-7(2)9(12)14-10(3)4-5-13-8(11)6-10;;;;;;/h7-11H,4-6H2,1-3H3;5-10H2,1-4H3;5-8H2,1-4H3;1,4-6H2,2-3H3;6*1H4. The molecule has 0 aromatic carbocycles. The van der Waals surface area contributed by atoms with Crippen molar-refractivity contribution in [3.63, 3.8) is 0 Å². The van der Waals surface area contributed by atoms with Crippen molar-refractivity contribution >= 4 is 41.8 Å². The van der Waals surface area contributed by atoms with E-state index in [2.05, 4.69) is 13.5 Å². The monoisotopic (exact) mass is 987 g/mol. The molecular formula is C55H102O14. The second kappa shape index (κ2) is 28.8. The highest BCUT2D eigenvalue weighted by Gasteiger charge is 2.63. The molecule has 3 saturated carbocycles. The van der Waals surface area contributed by atoms with Crippen LogP contribution in [-0.2, 0) is 66.7 Å². The van der Waals surface area contributed by atoms with E-state index in [1.165, 1.54) is 12.8 Å². The SMILES string of the molecule is C.C.C.C.C.C.C=C(C)C(=O)OC1(C)CCOC(=O)C1.CCC(C)(C)C(=O)OC1(C)CCOC(=O)C1.CCC(C)(C)C(=O)OC1C2CC3C(=O)OC1C3C2.CCC1(OC(=O)C(C)(C)CC)CCCC1. The molecule has 3 heterocycles. The lowest BCUT2D eigenvalue weighted by Crippen LogP contribution is -2.43. The molecule has 3 saturated heterocycles. The maximum absolute atomic E-state index is 12.1. The maximum atomic E-state index is 12.1. The minimum absolute atomic E-state index is 0. The zero-order valence-corrected chi connectivity index (χ0v) is 40.6. The number of esters is 7. The highest BCUT2D eigenvalue weighted by molar-refractivity contribution is 5.87. The van der Waals surface area contributed by atoms with Gasteiger partial charge in [-0.15, -0.1) is 0 Å². The number of carbonyl (C=O) groups is 7. The van der Waals surface area contributed by atoms with Crippen molar-refractivity contribution in [2.45, 2.75) is 253 Å². The number of ether oxygens (including phenoxy) is 7. The van der Waals surface area contributed by atoms with Crippen LogP contribution < -0.4 is 0 Å². The summed E-state index contributed by atoms with van der Waals surface area (Å²) >= 11 is 0. The Kier molecular flexibility index (Phi) is 29.8. The van der Waals surface area contributed by atoms with E-state index in [9.17, 15) is 33.6 Å². The van der Waals surface area contributed by atoms with Gasteiger partial charge in [0, 0.05) is 30.3 Å². The number of hydrogen-bond donors (Lipinski definition) is 0. The van der Waals surface area contributed by atoms with Gasteiger partial charge in [-0.3, -0.25) is 28.8 Å².